The summed E-state index contributed by atoms with van der Waals surface area (Å²) in [5.74, 6) is 1.80. The van der Waals surface area contributed by atoms with Crippen molar-refractivity contribution in [1.82, 2.24) is 0 Å². The predicted molar refractivity (Wildman–Crippen MR) is 64.9 cm³/mol. The largest absolute Gasteiger partial charge is 0.456 e. The maximum Gasteiger partial charge on any atom is 0.185 e. The number of hydrogen-bond donors (Lipinski definition) is 0. The Morgan fingerprint density at radius 1 is 1.41 bits per heavy atom. The van der Waals surface area contributed by atoms with Crippen molar-refractivity contribution in [1.29, 1.82) is 0 Å². The molecule has 1 aliphatic carbocycles. The highest BCUT2D eigenvalue weighted by molar-refractivity contribution is 5.70. The summed E-state index contributed by atoms with van der Waals surface area (Å²) in [5.41, 5.74) is 0. The predicted octanol–water partition coefficient (Wildman–Crippen LogP) is 3.58. The second-order valence-electron chi connectivity index (χ2n) is 4.72. The minimum atomic E-state index is 0.360. The lowest BCUT2D eigenvalue weighted by atomic mass is 9.85. The summed E-state index contributed by atoms with van der Waals surface area (Å²) < 4.78 is 11.2. The first-order valence-corrected chi connectivity index (χ1v) is 6.49. The van der Waals surface area contributed by atoms with E-state index in [1.807, 2.05) is 6.07 Å². The van der Waals surface area contributed by atoms with Gasteiger partial charge in [-0.2, -0.15) is 0 Å². The van der Waals surface area contributed by atoms with Crippen molar-refractivity contribution in [2.75, 3.05) is 0 Å². The SMILES string of the molecule is CCC1CCCCC1OCc1ccc(C=O)o1. The van der Waals surface area contributed by atoms with Crippen LogP contribution in [0.15, 0.2) is 16.5 Å². The number of carbonyl (C=O) groups is 1. The molecule has 0 spiro atoms. The van der Waals surface area contributed by atoms with E-state index in [2.05, 4.69) is 6.92 Å². The molecule has 2 atom stereocenters. The molecule has 3 heteroatoms. The Morgan fingerprint density at radius 3 is 2.94 bits per heavy atom. The van der Waals surface area contributed by atoms with Gasteiger partial charge in [-0.15, -0.1) is 0 Å². The molecule has 0 aromatic carbocycles. The van der Waals surface area contributed by atoms with Gasteiger partial charge in [-0.25, -0.2) is 0 Å². The van der Waals surface area contributed by atoms with Crippen LogP contribution in [0.4, 0.5) is 0 Å². The molecule has 1 heterocycles. The molecule has 94 valence electrons. The Kier molecular flexibility index (Phi) is 4.37. The highest BCUT2D eigenvalue weighted by atomic mass is 16.5. The molecule has 1 saturated carbocycles. The fraction of sp³-hybridized carbons (Fsp3) is 0.643. The first-order valence-electron chi connectivity index (χ1n) is 6.49. The smallest absolute Gasteiger partial charge is 0.185 e. The zero-order chi connectivity index (χ0) is 12.1. The number of carbonyl (C=O) groups excluding carboxylic acids is 1. The van der Waals surface area contributed by atoms with Crippen LogP contribution in [0.1, 0.15) is 55.3 Å². The third kappa shape index (κ3) is 3.19. The molecule has 0 amide bonds. The molecule has 0 bridgehead atoms. The van der Waals surface area contributed by atoms with Gasteiger partial charge in [0.1, 0.15) is 12.4 Å². The highest BCUT2D eigenvalue weighted by Gasteiger charge is 2.24. The monoisotopic (exact) mass is 236 g/mol. The van der Waals surface area contributed by atoms with E-state index in [0.717, 1.165) is 18.5 Å². The number of aldehydes is 1. The van der Waals surface area contributed by atoms with Gasteiger partial charge in [0.25, 0.3) is 0 Å². The number of rotatable bonds is 5. The van der Waals surface area contributed by atoms with Crippen LogP contribution in [-0.4, -0.2) is 12.4 Å². The Labute approximate surface area is 102 Å². The van der Waals surface area contributed by atoms with Gasteiger partial charge >= 0.3 is 0 Å². The Bertz CT molecular complexity index is 356. The molecule has 1 fully saturated rings. The topological polar surface area (TPSA) is 39.4 Å². The molecule has 1 aromatic heterocycles. The van der Waals surface area contributed by atoms with E-state index in [1.54, 1.807) is 6.07 Å². The normalized spacial score (nSPS) is 24.8. The van der Waals surface area contributed by atoms with Crippen molar-refractivity contribution >= 4 is 6.29 Å². The second-order valence-corrected chi connectivity index (χ2v) is 4.72. The average molecular weight is 236 g/mol. The first kappa shape index (κ1) is 12.4. The lowest BCUT2D eigenvalue weighted by Gasteiger charge is -2.30. The van der Waals surface area contributed by atoms with Gasteiger partial charge in [0.05, 0.1) is 6.10 Å². The highest BCUT2D eigenvalue weighted by Crippen LogP contribution is 2.29. The van der Waals surface area contributed by atoms with Crippen LogP contribution in [0.25, 0.3) is 0 Å². The summed E-state index contributed by atoms with van der Waals surface area (Å²) in [4.78, 5) is 10.5. The summed E-state index contributed by atoms with van der Waals surface area (Å²) in [6.45, 7) is 2.71. The standard InChI is InChI=1S/C14H20O3/c1-2-11-5-3-4-6-14(11)16-10-13-8-7-12(9-15)17-13/h7-9,11,14H,2-6,10H2,1H3. The number of furan rings is 1. The van der Waals surface area contributed by atoms with Crippen molar-refractivity contribution in [3.8, 4) is 0 Å². The Hall–Kier alpha value is -1.09. The summed E-state index contributed by atoms with van der Waals surface area (Å²) in [6, 6.07) is 3.50. The van der Waals surface area contributed by atoms with E-state index in [-0.39, 0.29) is 0 Å². The first-order chi connectivity index (χ1) is 8.33. The fourth-order valence-corrected chi connectivity index (χ4v) is 2.58. The van der Waals surface area contributed by atoms with Gasteiger partial charge in [-0.1, -0.05) is 26.2 Å². The summed E-state index contributed by atoms with van der Waals surface area (Å²) in [7, 11) is 0. The van der Waals surface area contributed by atoms with Crippen molar-refractivity contribution in [2.24, 2.45) is 5.92 Å². The second kappa shape index (κ2) is 6.01. The van der Waals surface area contributed by atoms with Crippen LogP contribution in [0.2, 0.25) is 0 Å². The molecular formula is C14H20O3. The third-order valence-electron chi connectivity index (χ3n) is 3.60. The summed E-state index contributed by atoms with van der Waals surface area (Å²) >= 11 is 0. The van der Waals surface area contributed by atoms with Crippen LogP contribution in [-0.2, 0) is 11.3 Å². The van der Waals surface area contributed by atoms with Gasteiger partial charge in [-0.05, 0) is 30.9 Å². The molecule has 1 aromatic rings. The van der Waals surface area contributed by atoms with Crippen LogP contribution in [0.3, 0.4) is 0 Å². The van der Waals surface area contributed by atoms with E-state index >= 15 is 0 Å². The quantitative estimate of drug-likeness (QED) is 0.733. The molecule has 0 aliphatic heterocycles. The zero-order valence-electron chi connectivity index (χ0n) is 10.4. The van der Waals surface area contributed by atoms with Crippen molar-refractivity contribution in [2.45, 2.75) is 51.7 Å². The molecule has 0 radical (unpaired) electrons. The van der Waals surface area contributed by atoms with Crippen LogP contribution in [0.5, 0.6) is 0 Å². The molecule has 0 N–H and O–H groups in total. The van der Waals surface area contributed by atoms with Gasteiger partial charge in [-0.3, -0.25) is 4.79 Å². The zero-order valence-corrected chi connectivity index (χ0v) is 10.4. The minimum Gasteiger partial charge on any atom is -0.456 e. The Balaban J connectivity index is 1.85. The fourth-order valence-electron chi connectivity index (χ4n) is 2.58. The molecule has 1 aliphatic rings. The number of ether oxygens (including phenoxy) is 1. The lowest BCUT2D eigenvalue weighted by Crippen LogP contribution is -2.27. The van der Waals surface area contributed by atoms with Crippen LogP contribution < -0.4 is 0 Å². The van der Waals surface area contributed by atoms with Gasteiger partial charge in [0.15, 0.2) is 12.0 Å². The average Bonchev–Trinajstić information content (AvgIpc) is 2.84. The molecule has 2 rings (SSSR count). The van der Waals surface area contributed by atoms with E-state index in [0.29, 0.717) is 24.4 Å². The molecule has 17 heavy (non-hydrogen) atoms. The summed E-state index contributed by atoms with van der Waals surface area (Å²) in [5, 5.41) is 0. The van der Waals surface area contributed by atoms with Gasteiger partial charge in [0, 0.05) is 0 Å². The van der Waals surface area contributed by atoms with Gasteiger partial charge < -0.3 is 9.15 Å². The maximum absolute atomic E-state index is 10.5. The lowest BCUT2D eigenvalue weighted by molar-refractivity contribution is -0.0284. The third-order valence-corrected chi connectivity index (χ3v) is 3.60. The number of hydrogen-bond acceptors (Lipinski definition) is 3. The molecule has 2 unspecified atom stereocenters. The van der Waals surface area contributed by atoms with Crippen molar-refractivity contribution < 1.29 is 13.9 Å². The van der Waals surface area contributed by atoms with E-state index in [9.17, 15) is 4.79 Å². The van der Waals surface area contributed by atoms with E-state index in [4.69, 9.17) is 9.15 Å². The minimum absolute atomic E-state index is 0.360. The van der Waals surface area contributed by atoms with Crippen molar-refractivity contribution in [3.63, 3.8) is 0 Å². The molecule has 0 saturated heterocycles. The van der Waals surface area contributed by atoms with Crippen LogP contribution in [0, 0.1) is 5.92 Å². The summed E-state index contributed by atoms with van der Waals surface area (Å²) in [6.07, 6.45) is 7.28. The van der Waals surface area contributed by atoms with Gasteiger partial charge in [0.2, 0.25) is 0 Å². The van der Waals surface area contributed by atoms with E-state index in [1.165, 1.54) is 25.7 Å². The Morgan fingerprint density at radius 2 is 2.24 bits per heavy atom. The maximum atomic E-state index is 10.5. The van der Waals surface area contributed by atoms with Crippen LogP contribution >= 0.6 is 0 Å². The molecule has 3 nitrogen and oxygen atoms in total. The van der Waals surface area contributed by atoms with Crippen molar-refractivity contribution in [3.05, 3.63) is 23.7 Å². The molecular weight excluding hydrogens is 216 g/mol. The van der Waals surface area contributed by atoms with E-state index < -0.39 is 0 Å².